The molecule has 2 aromatic carbocycles. The smallest absolute Gasteiger partial charge is 0.268 e. The number of nitrogens with zero attached hydrogens (tertiary/aromatic N) is 3. The number of hydrogen-bond donors (Lipinski definition) is 0. The molecule has 0 unspecified atom stereocenters. The highest BCUT2D eigenvalue weighted by atomic mass is 35.5. The van der Waals surface area contributed by atoms with E-state index in [0.717, 1.165) is 16.6 Å². The molecule has 158 valence electrons. The molecule has 0 aliphatic heterocycles. The number of pyridine rings is 1. The molecule has 8 heteroatoms. The van der Waals surface area contributed by atoms with E-state index in [4.69, 9.17) is 39.2 Å². The number of hydrogen-bond acceptors (Lipinski definition) is 4. The van der Waals surface area contributed by atoms with Gasteiger partial charge in [0.2, 0.25) is 0 Å². The van der Waals surface area contributed by atoms with Gasteiger partial charge in [-0.15, -0.1) is 0 Å². The summed E-state index contributed by atoms with van der Waals surface area (Å²) in [6.45, 7) is 0.372. The summed E-state index contributed by atoms with van der Waals surface area (Å²) in [6.07, 6.45) is 4.81. The average Bonchev–Trinajstić information content (AvgIpc) is 3.40. The molecule has 0 N–H and O–H groups in total. The first-order valence-corrected chi connectivity index (χ1v) is 10.8. The SMILES string of the molecule is O=C(c1ncc(-c2ccncc2)o1)c1c(Cl)n(Cc2ccc(Cl)cc2Cl)c2ccccc12. The van der Waals surface area contributed by atoms with E-state index in [-0.39, 0.29) is 11.0 Å². The molecule has 0 amide bonds. The number of carbonyl (C=O) groups is 1. The van der Waals surface area contributed by atoms with Gasteiger partial charge in [0.25, 0.3) is 11.7 Å². The van der Waals surface area contributed by atoms with E-state index >= 15 is 0 Å². The van der Waals surface area contributed by atoms with Gasteiger partial charge < -0.3 is 8.98 Å². The summed E-state index contributed by atoms with van der Waals surface area (Å²) < 4.78 is 7.60. The Bertz CT molecular complexity index is 1460. The van der Waals surface area contributed by atoms with E-state index in [1.54, 1.807) is 36.7 Å². The molecule has 0 fully saturated rings. The molecule has 0 radical (unpaired) electrons. The highest BCUT2D eigenvalue weighted by molar-refractivity contribution is 6.37. The third-order valence-electron chi connectivity index (χ3n) is 5.14. The van der Waals surface area contributed by atoms with Gasteiger partial charge in [0.15, 0.2) is 5.76 Å². The van der Waals surface area contributed by atoms with Crippen molar-refractivity contribution in [3.8, 4) is 11.3 Å². The van der Waals surface area contributed by atoms with Crippen molar-refractivity contribution in [2.24, 2.45) is 0 Å². The zero-order chi connectivity index (χ0) is 22.2. The van der Waals surface area contributed by atoms with Gasteiger partial charge in [-0.2, -0.15) is 0 Å². The summed E-state index contributed by atoms with van der Waals surface area (Å²) in [5, 5.41) is 2.06. The third-order valence-corrected chi connectivity index (χ3v) is 6.12. The number of carbonyl (C=O) groups excluding carboxylic acids is 1. The summed E-state index contributed by atoms with van der Waals surface area (Å²) in [6, 6.07) is 16.3. The van der Waals surface area contributed by atoms with Crippen LogP contribution in [0.25, 0.3) is 22.2 Å². The minimum absolute atomic E-state index is 0.0360. The van der Waals surface area contributed by atoms with Crippen LogP contribution < -0.4 is 0 Å². The molecule has 0 aliphatic carbocycles. The maximum Gasteiger partial charge on any atom is 0.268 e. The van der Waals surface area contributed by atoms with Crippen LogP contribution >= 0.6 is 34.8 Å². The lowest BCUT2D eigenvalue weighted by Crippen LogP contribution is -2.04. The number of ketones is 1. The van der Waals surface area contributed by atoms with Gasteiger partial charge in [0, 0.05) is 33.4 Å². The molecule has 0 bridgehead atoms. The largest absolute Gasteiger partial charge is 0.433 e. The summed E-state index contributed by atoms with van der Waals surface area (Å²) >= 11 is 19.1. The quantitative estimate of drug-likeness (QED) is 0.255. The van der Waals surface area contributed by atoms with Gasteiger partial charge in [-0.3, -0.25) is 9.78 Å². The van der Waals surface area contributed by atoms with Crippen molar-refractivity contribution in [1.82, 2.24) is 14.5 Å². The van der Waals surface area contributed by atoms with Gasteiger partial charge in [0.05, 0.1) is 23.8 Å². The number of fused-ring (bicyclic) bond motifs is 1. The Kier molecular flexibility index (Phi) is 5.47. The summed E-state index contributed by atoms with van der Waals surface area (Å²) in [5.74, 6) is 0.0437. The van der Waals surface area contributed by atoms with Crippen LogP contribution in [0.3, 0.4) is 0 Å². The maximum absolute atomic E-state index is 13.4. The number of oxazole rings is 1. The number of rotatable bonds is 5. The Morgan fingerprint density at radius 1 is 1.00 bits per heavy atom. The van der Waals surface area contributed by atoms with Gasteiger partial charge in [0.1, 0.15) is 5.15 Å². The molecule has 5 rings (SSSR count). The predicted octanol–water partition coefficient (Wildman–Crippen LogP) is 6.93. The molecule has 32 heavy (non-hydrogen) atoms. The molecule has 0 saturated heterocycles. The molecule has 0 atom stereocenters. The van der Waals surface area contributed by atoms with Crippen molar-refractivity contribution in [2.75, 3.05) is 0 Å². The standard InChI is InChI=1S/C24H14Cl3N3O2/c25-16-6-5-15(18(26)11-16)13-30-19-4-2-1-3-17(19)21(23(30)27)22(31)24-29-12-20(32-24)14-7-9-28-10-8-14/h1-12H,13H2. The highest BCUT2D eigenvalue weighted by Crippen LogP contribution is 2.34. The minimum Gasteiger partial charge on any atom is -0.433 e. The van der Waals surface area contributed by atoms with Gasteiger partial charge in [-0.05, 0) is 35.9 Å². The fourth-order valence-electron chi connectivity index (χ4n) is 3.60. The molecule has 3 heterocycles. The van der Waals surface area contributed by atoms with Crippen LogP contribution in [0.2, 0.25) is 15.2 Å². The summed E-state index contributed by atoms with van der Waals surface area (Å²) in [7, 11) is 0. The van der Waals surface area contributed by atoms with Crippen LogP contribution in [0.15, 0.2) is 77.6 Å². The van der Waals surface area contributed by atoms with E-state index in [9.17, 15) is 4.79 Å². The lowest BCUT2D eigenvalue weighted by atomic mass is 10.1. The van der Waals surface area contributed by atoms with Crippen molar-refractivity contribution in [3.63, 3.8) is 0 Å². The normalized spacial score (nSPS) is 11.2. The molecule has 0 spiro atoms. The van der Waals surface area contributed by atoms with Crippen LogP contribution in [-0.2, 0) is 6.54 Å². The van der Waals surface area contributed by atoms with Crippen LogP contribution in [-0.4, -0.2) is 20.3 Å². The van der Waals surface area contributed by atoms with E-state index in [1.807, 2.05) is 34.9 Å². The van der Waals surface area contributed by atoms with Gasteiger partial charge >= 0.3 is 0 Å². The molecular weight excluding hydrogens is 469 g/mol. The predicted molar refractivity (Wildman–Crippen MR) is 126 cm³/mol. The zero-order valence-corrected chi connectivity index (χ0v) is 18.7. The molecule has 0 aliphatic rings. The molecule has 3 aromatic heterocycles. The average molecular weight is 483 g/mol. The molecule has 5 nitrogen and oxygen atoms in total. The third kappa shape index (κ3) is 3.69. The van der Waals surface area contributed by atoms with Crippen molar-refractivity contribution in [3.05, 3.63) is 105 Å². The second kappa shape index (κ2) is 8.43. The number of benzene rings is 2. The zero-order valence-electron chi connectivity index (χ0n) is 16.4. The topological polar surface area (TPSA) is 60.9 Å². The van der Waals surface area contributed by atoms with E-state index in [0.29, 0.717) is 33.3 Å². The highest BCUT2D eigenvalue weighted by Gasteiger charge is 2.26. The lowest BCUT2D eigenvalue weighted by Gasteiger charge is -2.09. The van der Waals surface area contributed by atoms with E-state index in [1.165, 1.54) is 6.20 Å². The van der Waals surface area contributed by atoms with Crippen molar-refractivity contribution < 1.29 is 9.21 Å². The second-order valence-corrected chi connectivity index (χ2v) is 8.30. The maximum atomic E-state index is 13.4. The Labute approximate surface area is 198 Å². The van der Waals surface area contributed by atoms with E-state index < -0.39 is 5.78 Å². The lowest BCUT2D eigenvalue weighted by molar-refractivity contribution is 0.100. The summed E-state index contributed by atoms with van der Waals surface area (Å²) in [4.78, 5) is 21.6. The van der Waals surface area contributed by atoms with Gasteiger partial charge in [-0.25, -0.2) is 4.98 Å². The van der Waals surface area contributed by atoms with Crippen molar-refractivity contribution >= 4 is 51.5 Å². The molecule has 0 saturated carbocycles. The number of para-hydroxylation sites is 1. The first kappa shape index (κ1) is 20.8. The molecule has 5 aromatic rings. The van der Waals surface area contributed by atoms with E-state index in [2.05, 4.69) is 9.97 Å². The monoisotopic (exact) mass is 481 g/mol. The fourth-order valence-corrected chi connectivity index (χ4v) is 4.41. The van der Waals surface area contributed by atoms with Crippen LogP contribution in [0.5, 0.6) is 0 Å². The molecular formula is C24H14Cl3N3O2. The summed E-state index contributed by atoms with van der Waals surface area (Å²) in [5.41, 5.74) is 2.73. The Balaban J connectivity index is 1.58. The number of halogens is 3. The van der Waals surface area contributed by atoms with Crippen LogP contribution in [0.4, 0.5) is 0 Å². The Hall–Kier alpha value is -3.12. The number of aromatic nitrogens is 3. The van der Waals surface area contributed by atoms with Crippen LogP contribution in [0.1, 0.15) is 21.8 Å². The minimum atomic E-state index is -0.396. The second-order valence-electron chi connectivity index (χ2n) is 7.10. The van der Waals surface area contributed by atoms with Crippen molar-refractivity contribution in [2.45, 2.75) is 6.54 Å². The fraction of sp³-hybridized carbons (Fsp3) is 0.0417. The van der Waals surface area contributed by atoms with Crippen molar-refractivity contribution in [1.29, 1.82) is 0 Å². The first-order valence-electron chi connectivity index (χ1n) is 9.64. The van der Waals surface area contributed by atoms with Crippen LogP contribution in [0, 0.1) is 0 Å². The van der Waals surface area contributed by atoms with Gasteiger partial charge in [-0.1, -0.05) is 59.1 Å². The Morgan fingerprint density at radius 2 is 1.78 bits per heavy atom. The Morgan fingerprint density at radius 3 is 2.56 bits per heavy atom. The first-order chi connectivity index (χ1) is 15.5.